The number of piperidine rings is 1. The van der Waals surface area contributed by atoms with Crippen LogP contribution in [0.15, 0.2) is 24.3 Å². The third-order valence-corrected chi connectivity index (χ3v) is 4.51. The first-order valence-corrected chi connectivity index (χ1v) is 8.40. The molecule has 1 saturated heterocycles. The molecule has 1 aliphatic rings. The number of hydrogen-bond acceptors (Lipinski definition) is 2. The number of rotatable bonds is 3. The maximum absolute atomic E-state index is 12.3. The number of amides is 2. The van der Waals surface area contributed by atoms with Gasteiger partial charge in [0.15, 0.2) is 0 Å². The summed E-state index contributed by atoms with van der Waals surface area (Å²) in [6.45, 7) is 9.81. The van der Waals surface area contributed by atoms with Crippen molar-refractivity contribution in [3.8, 4) is 0 Å². The van der Waals surface area contributed by atoms with Crippen LogP contribution in [0.1, 0.15) is 44.7 Å². The van der Waals surface area contributed by atoms with Crippen LogP contribution in [0.3, 0.4) is 0 Å². The van der Waals surface area contributed by atoms with Gasteiger partial charge in [-0.2, -0.15) is 0 Å². The lowest BCUT2D eigenvalue weighted by Gasteiger charge is -2.35. The highest BCUT2D eigenvalue weighted by Crippen LogP contribution is 2.23. The Balaban J connectivity index is 1.82. The topological polar surface area (TPSA) is 49.4 Å². The van der Waals surface area contributed by atoms with Gasteiger partial charge in [-0.3, -0.25) is 9.59 Å². The largest absolute Gasteiger partial charge is 0.352 e. The number of likely N-dealkylation sites (tertiary alicyclic amines) is 1. The van der Waals surface area contributed by atoms with Crippen molar-refractivity contribution < 1.29 is 9.59 Å². The summed E-state index contributed by atoms with van der Waals surface area (Å²) in [5.74, 6) is 0.301. The van der Waals surface area contributed by atoms with Gasteiger partial charge >= 0.3 is 0 Å². The minimum Gasteiger partial charge on any atom is -0.352 e. The number of benzene rings is 1. The van der Waals surface area contributed by atoms with Crippen LogP contribution in [-0.4, -0.2) is 29.8 Å². The quantitative estimate of drug-likeness (QED) is 0.932. The minimum atomic E-state index is -0.347. The highest BCUT2D eigenvalue weighted by molar-refractivity contribution is 5.82. The molecule has 0 atom stereocenters. The maximum atomic E-state index is 12.3. The van der Waals surface area contributed by atoms with Gasteiger partial charge in [-0.1, -0.05) is 45.0 Å². The number of carbonyl (C=O) groups excluding carboxylic acids is 2. The SMILES string of the molecule is Cc1ccccc1CNC(=O)C1CCN(C(=O)C(C)(C)C)CC1. The standard InChI is InChI=1S/C19H28N2O2/c1-14-7-5-6-8-16(14)13-20-17(22)15-9-11-21(12-10-15)18(23)19(2,3)4/h5-8,15H,9-13H2,1-4H3,(H,20,22). The highest BCUT2D eigenvalue weighted by atomic mass is 16.2. The molecule has 1 heterocycles. The second kappa shape index (κ2) is 7.16. The molecule has 0 saturated carbocycles. The fourth-order valence-corrected chi connectivity index (χ4v) is 2.95. The van der Waals surface area contributed by atoms with E-state index in [1.165, 1.54) is 5.56 Å². The molecule has 2 amide bonds. The van der Waals surface area contributed by atoms with E-state index >= 15 is 0 Å². The van der Waals surface area contributed by atoms with Gasteiger partial charge in [0.1, 0.15) is 0 Å². The summed E-state index contributed by atoms with van der Waals surface area (Å²) in [5, 5.41) is 3.04. The molecular weight excluding hydrogens is 288 g/mol. The molecule has 0 aliphatic carbocycles. The van der Waals surface area contributed by atoms with E-state index in [2.05, 4.69) is 18.3 Å². The van der Waals surface area contributed by atoms with Crippen LogP contribution in [0.2, 0.25) is 0 Å². The van der Waals surface area contributed by atoms with Gasteiger partial charge in [0, 0.05) is 31.0 Å². The van der Waals surface area contributed by atoms with Crippen molar-refractivity contribution >= 4 is 11.8 Å². The lowest BCUT2D eigenvalue weighted by Crippen LogP contribution is -2.46. The first kappa shape index (κ1) is 17.5. The van der Waals surface area contributed by atoms with Crippen LogP contribution in [-0.2, 0) is 16.1 Å². The molecule has 1 aromatic carbocycles. The number of carbonyl (C=O) groups is 2. The van der Waals surface area contributed by atoms with Crippen LogP contribution in [0, 0.1) is 18.3 Å². The van der Waals surface area contributed by atoms with Crippen LogP contribution in [0.25, 0.3) is 0 Å². The zero-order chi connectivity index (χ0) is 17.0. The molecule has 0 aromatic heterocycles. The summed E-state index contributed by atoms with van der Waals surface area (Å²) < 4.78 is 0. The average molecular weight is 316 g/mol. The number of nitrogens with zero attached hydrogens (tertiary/aromatic N) is 1. The maximum Gasteiger partial charge on any atom is 0.227 e. The lowest BCUT2D eigenvalue weighted by molar-refractivity contribution is -0.142. The molecule has 1 aromatic rings. The van der Waals surface area contributed by atoms with Gasteiger partial charge < -0.3 is 10.2 Å². The zero-order valence-electron chi connectivity index (χ0n) is 14.7. The Hall–Kier alpha value is -1.84. The number of nitrogens with one attached hydrogen (secondary N) is 1. The summed E-state index contributed by atoms with van der Waals surface area (Å²) >= 11 is 0. The Bertz CT molecular complexity index is 567. The molecule has 1 aliphatic heterocycles. The van der Waals surface area contributed by atoms with Crippen LogP contribution < -0.4 is 5.32 Å². The van der Waals surface area contributed by atoms with Crippen molar-refractivity contribution in [3.05, 3.63) is 35.4 Å². The van der Waals surface area contributed by atoms with Crippen molar-refractivity contribution in [1.82, 2.24) is 10.2 Å². The van der Waals surface area contributed by atoms with Crippen molar-refractivity contribution in [3.63, 3.8) is 0 Å². The fraction of sp³-hybridized carbons (Fsp3) is 0.579. The second-order valence-electron chi connectivity index (χ2n) is 7.46. The monoisotopic (exact) mass is 316 g/mol. The fourth-order valence-electron chi connectivity index (χ4n) is 2.95. The first-order chi connectivity index (χ1) is 10.8. The third kappa shape index (κ3) is 4.57. The Kier molecular flexibility index (Phi) is 5.45. The van der Waals surface area contributed by atoms with Gasteiger partial charge in [0.05, 0.1) is 0 Å². The van der Waals surface area contributed by atoms with Crippen molar-refractivity contribution in [2.75, 3.05) is 13.1 Å². The first-order valence-electron chi connectivity index (χ1n) is 8.40. The molecule has 23 heavy (non-hydrogen) atoms. The number of hydrogen-bond donors (Lipinski definition) is 1. The van der Waals surface area contributed by atoms with Crippen LogP contribution >= 0.6 is 0 Å². The van der Waals surface area contributed by atoms with E-state index in [9.17, 15) is 9.59 Å². The summed E-state index contributed by atoms with van der Waals surface area (Å²) in [4.78, 5) is 26.5. The molecule has 0 bridgehead atoms. The third-order valence-electron chi connectivity index (χ3n) is 4.51. The van der Waals surface area contributed by atoms with Crippen LogP contribution in [0.5, 0.6) is 0 Å². The van der Waals surface area contributed by atoms with Gasteiger partial charge in [-0.05, 0) is 30.9 Å². The zero-order valence-corrected chi connectivity index (χ0v) is 14.7. The minimum absolute atomic E-state index is 0.0167. The Morgan fingerprint density at radius 3 is 2.35 bits per heavy atom. The molecule has 2 rings (SSSR count). The van der Waals surface area contributed by atoms with Crippen molar-refractivity contribution in [2.45, 2.75) is 47.1 Å². The number of aryl methyl sites for hydroxylation is 1. The van der Waals surface area contributed by atoms with Crippen molar-refractivity contribution in [2.24, 2.45) is 11.3 Å². The van der Waals surface area contributed by atoms with E-state index in [1.807, 2.05) is 43.9 Å². The van der Waals surface area contributed by atoms with Gasteiger partial charge in [0.25, 0.3) is 0 Å². The van der Waals surface area contributed by atoms with E-state index in [4.69, 9.17) is 0 Å². The van der Waals surface area contributed by atoms with E-state index < -0.39 is 0 Å². The second-order valence-corrected chi connectivity index (χ2v) is 7.46. The summed E-state index contributed by atoms with van der Waals surface area (Å²) in [5.41, 5.74) is 2.00. The van der Waals surface area contributed by atoms with Crippen LogP contribution in [0.4, 0.5) is 0 Å². The molecule has 0 unspecified atom stereocenters. The van der Waals surface area contributed by atoms with E-state index in [-0.39, 0.29) is 23.1 Å². The van der Waals surface area contributed by atoms with Crippen molar-refractivity contribution in [1.29, 1.82) is 0 Å². The smallest absolute Gasteiger partial charge is 0.227 e. The molecule has 0 radical (unpaired) electrons. The summed E-state index contributed by atoms with van der Waals surface area (Å²) in [6.07, 6.45) is 1.50. The van der Waals surface area contributed by atoms with E-state index in [0.29, 0.717) is 19.6 Å². The summed E-state index contributed by atoms with van der Waals surface area (Å²) in [7, 11) is 0. The molecule has 0 spiro atoms. The van der Waals surface area contributed by atoms with Gasteiger partial charge in [-0.15, -0.1) is 0 Å². The molecule has 4 heteroatoms. The summed E-state index contributed by atoms with van der Waals surface area (Å²) in [6, 6.07) is 8.09. The average Bonchev–Trinajstić information content (AvgIpc) is 2.52. The molecule has 1 N–H and O–H groups in total. The predicted octanol–water partition coefficient (Wildman–Crippen LogP) is 2.90. The molecule has 126 valence electrons. The lowest BCUT2D eigenvalue weighted by atomic mass is 9.90. The molecule has 1 fully saturated rings. The van der Waals surface area contributed by atoms with Gasteiger partial charge in [-0.25, -0.2) is 0 Å². The van der Waals surface area contributed by atoms with Gasteiger partial charge in [0.2, 0.25) is 11.8 Å². The Morgan fingerprint density at radius 1 is 1.17 bits per heavy atom. The Labute approximate surface area is 139 Å². The van der Waals surface area contributed by atoms with E-state index in [1.54, 1.807) is 0 Å². The highest BCUT2D eigenvalue weighted by Gasteiger charge is 2.32. The normalized spacial score (nSPS) is 16.3. The molecule has 4 nitrogen and oxygen atoms in total. The molecular formula is C19H28N2O2. The predicted molar refractivity (Wildman–Crippen MR) is 91.8 cm³/mol. The van der Waals surface area contributed by atoms with E-state index in [0.717, 1.165) is 18.4 Å². The Morgan fingerprint density at radius 2 is 1.78 bits per heavy atom.